The van der Waals surface area contributed by atoms with E-state index in [0.29, 0.717) is 0 Å². The van der Waals surface area contributed by atoms with Crippen LogP contribution in [-0.4, -0.2) is 20.3 Å². The van der Waals surface area contributed by atoms with Gasteiger partial charge in [-0.15, -0.1) is 0 Å². The molecule has 5 heteroatoms. The molecular weight excluding hydrogens is 138 g/mol. The first-order valence-electron chi connectivity index (χ1n) is 2.45. The molecule has 0 unspecified atom stereocenters. The standard InChI is InChI=1S/C5H5NO4/c7-2-1-3(8)6-5(10)4(2)9/h1,9H,(H3,6,7,8,10). The maximum atomic E-state index is 10.4. The van der Waals surface area contributed by atoms with Crippen molar-refractivity contribution in [2.45, 2.75) is 0 Å². The average Bonchev–Trinajstić information content (AvgIpc) is 1.82. The fourth-order valence-electron chi connectivity index (χ4n) is 0.526. The molecule has 0 fully saturated rings. The van der Waals surface area contributed by atoms with Gasteiger partial charge in [0.25, 0.3) is 5.56 Å². The molecule has 0 spiro atoms. The summed E-state index contributed by atoms with van der Waals surface area (Å²) in [4.78, 5) is 12.2. The summed E-state index contributed by atoms with van der Waals surface area (Å²) in [6.07, 6.45) is 0. The van der Waals surface area contributed by atoms with Crippen LogP contribution in [0.15, 0.2) is 10.9 Å². The highest BCUT2D eigenvalue weighted by Crippen LogP contribution is 2.28. The molecule has 0 aliphatic carbocycles. The molecule has 0 amide bonds. The summed E-state index contributed by atoms with van der Waals surface area (Å²) >= 11 is 0. The third kappa shape index (κ3) is 0.883. The van der Waals surface area contributed by atoms with E-state index in [-0.39, 0.29) is 0 Å². The van der Waals surface area contributed by atoms with Gasteiger partial charge in [0.2, 0.25) is 11.6 Å². The van der Waals surface area contributed by atoms with Crippen LogP contribution in [0.5, 0.6) is 17.4 Å². The predicted molar refractivity (Wildman–Crippen MR) is 32.1 cm³/mol. The third-order valence-corrected chi connectivity index (χ3v) is 0.976. The van der Waals surface area contributed by atoms with E-state index in [0.717, 1.165) is 6.07 Å². The van der Waals surface area contributed by atoms with Gasteiger partial charge in [0.15, 0.2) is 5.75 Å². The van der Waals surface area contributed by atoms with Crippen LogP contribution in [0.4, 0.5) is 0 Å². The van der Waals surface area contributed by atoms with E-state index in [2.05, 4.69) is 0 Å². The van der Waals surface area contributed by atoms with Crippen LogP contribution in [0.1, 0.15) is 0 Å². The van der Waals surface area contributed by atoms with E-state index in [1.807, 2.05) is 4.98 Å². The Morgan fingerprint density at radius 3 is 2.40 bits per heavy atom. The summed E-state index contributed by atoms with van der Waals surface area (Å²) in [5.74, 6) is -2.09. The second-order valence-corrected chi connectivity index (χ2v) is 1.72. The normalized spacial score (nSPS) is 9.60. The minimum Gasteiger partial charge on any atom is -0.504 e. The highest BCUT2D eigenvalue weighted by atomic mass is 16.3. The van der Waals surface area contributed by atoms with Crippen molar-refractivity contribution in [3.8, 4) is 17.4 Å². The maximum absolute atomic E-state index is 10.4. The molecule has 1 aromatic heterocycles. The minimum absolute atomic E-state index is 0.638. The molecule has 0 saturated heterocycles. The van der Waals surface area contributed by atoms with Gasteiger partial charge in [-0.25, -0.2) is 0 Å². The van der Waals surface area contributed by atoms with Crippen molar-refractivity contribution in [2.24, 2.45) is 0 Å². The Morgan fingerprint density at radius 2 is 1.90 bits per heavy atom. The van der Waals surface area contributed by atoms with Gasteiger partial charge < -0.3 is 15.3 Å². The fourth-order valence-corrected chi connectivity index (χ4v) is 0.526. The fraction of sp³-hybridized carbons (Fsp3) is 0. The molecule has 1 rings (SSSR count). The number of pyridine rings is 1. The van der Waals surface area contributed by atoms with Gasteiger partial charge >= 0.3 is 0 Å². The molecule has 4 N–H and O–H groups in total. The van der Waals surface area contributed by atoms with Crippen molar-refractivity contribution in [3.63, 3.8) is 0 Å². The van der Waals surface area contributed by atoms with Gasteiger partial charge in [-0.05, 0) is 0 Å². The first kappa shape index (κ1) is 6.47. The summed E-state index contributed by atoms with van der Waals surface area (Å²) in [6, 6.07) is 0.759. The summed E-state index contributed by atoms with van der Waals surface area (Å²) in [5.41, 5.74) is -0.673. The Bertz CT molecular complexity index is 277. The lowest BCUT2D eigenvalue weighted by atomic mass is 10.4. The van der Waals surface area contributed by atoms with Crippen LogP contribution in [0.25, 0.3) is 0 Å². The van der Waals surface area contributed by atoms with Crippen LogP contribution in [0.3, 0.4) is 0 Å². The molecule has 1 heterocycles. The van der Waals surface area contributed by atoms with E-state index in [4.69, 9.17) is 15.3 Å². The Balaban J connectivity index is 3.46. The Morgan fingerprint density at radius 1 is 1.30 bits per heavy atom. The second kappa shape index (κ2) is 1.94. The van der Waals surface area contributed by atoms with Crippen LogP contribution < -0.4 is 5.56 Å². The van der Waals surface area contributed by atoms with Gasteiger partial charge in [-0.2, -0.15) is 0 Å². The average molecular weight is 143 g/mol. The quantitative estimate of drug-likeness (QED) is 0.393. The smallest absolute Gasteiger partial charge is 0.254 e. The largest absolute Gasteiger partial charge is 0.504 e. The Hall–Kier alpha value is -1.65. The van der Waals surface area contributed by atoms with E-state index in [1.165, 1.54) is 0 Å². The highest BCUT2D eigenvalue weighted by Gasteiger charge is 2.05. The van der Waals surface area contributed by atoms with E-state index in [9.17, 15) is 4.79 Å². The number of H-pyrrole nitrogens is 1. The van der Waals surface area contributed by atoms with Crippen molar-refractivity contribution in [2.75, 3.05) is 0 Å². The van der Waals surface area contributed by atoms with Gasteiger partial charge in [0.1, 0.15) is 0 Å². The van der Waals surface area contributed by atoms with Crippen LogP contribution in [0.2, 0.25) is 0 Å². The third-order valence-electron chi connectivity index (χ3n) is 0.976. The zero-order valence-electron chi connectivity index (χ0n) is 4.83. The van der Waals surface area contributed by atoms with Gasteiger partial charge in [-0.1, -0.05) is 0 Å². The van der Waals surface area contributed by atoms with Crippen molar-refractivity contribution in [1.29, 1.82) is 0 Å². The summed E-state index contributed by atoms with van der Waals surface area (Å²) in [7, 11) is 0. The molecule has 0 bridgehead atoms. The van der Waals surface area contributed by atoms with E-state index in [1.54, 1.807) is 0 Å². The number of aromatic hydroxyl groups is 3. The molecule has 0 atom stereocenters. The number of nitrogens with one attached hydrogen (secondary N) is 1. The molecule has 1 aromatic rings. The molecule has 0 saturated carbocycles. The minimum atomic E-state index is -0.731. The number of aromatic nitrogens is 1. The first-order valence-corrected chi connectivity index (χ1v) is 2.45. The lowest BCUT2D eigenvalue weighted by Gasteiger charge is -1.96. The van der Waals surface area contributed by atoms with Crippen LogP contribution in [0, 0.1) is 0 Å². The van der Waals surface area contributed by atoms with Crippen LogP contribution >= 0.6 is 0 Å². The summed E-state index contributed by atoms with van der Waals surface area (Å²) in [5, 5.41) is 25.9. The highest BCUT2D eigenvalue weighted by molar-refractivity contribution is 5.42. The molecule has 0 aromatic carbocycles. The van der Waals surface area contributed by atoms with Gasteiger partial charge in [0.05, 0.1) is 0 Å². The number of rotatable bonds is 0. The summed E-state index contributed by atoms with van der Waals surface area (Å²) < 4.78 is 0. The predicted octanol–water partition coefficient (Wildman–Crippen LogP) is -0.508. The molecule has 0 aliphatic heterocycles. The number of hydrogen-bond acceptors (Lipinski definition) is 4. The van der Waals surface area contributed by atoms with E-state index >= 15 is 0 Å². The Labute approximate surface area is 55.2 Å². The van der Waals surface area contributed by atoms with E-state index < -0.39 is 22.9 Å². The Kier molecular flexibility index (Phi) is 1.26. The topological polar surface area (TPSA) is 93.6 Å². The molecule has 5 nitrogen and oxygen atoms in total. The molecule has 10 heavy (non-hydrogen) atoms. The zero-order valence-corrected chi connectivity index (χ0v) is 4.83. The van der Waals surface area contributed by atoms with Crippen molar-refractivity contribution >= 4 is 0 Å². The summed E-state index contributed by atoms with van der Waals surface area (Å²) in [6.45, 7) is 0. The number of hydrogen-bond donors (Lipinski definition) is 4. The lowest BCUT2D eigenvalue weighted by molar-refractivity contribution is 0.356. The van der Waals surface area contributed by atoms with Crippen molar-refractivity contribution < 1.29 is 15.3 Å². The van der Waals surface area contributed by atoms with Crippen LogP contribution in [-0.2, 0) is 0 Å². The molecular formula is C5H5NO4. The van der Waals surface area contributed by atoms with Crippen molar-refractivity contribution in [1.82, 2.24) is 4.98 Å². The lowest BCUT2D eigenvalue weighted by Crippen LogP contribution is -2.01. The maximum Gasteiger partial charge on any atom is 0.254 e. The van der Waals surface area contributed by atoms with Gasteiger partial charge in [0, 0.05) is 6.07 Å². The monoisotopic (exact) mass is 143 g/mol. The SMILES string of the molecule is O=c1cc(O)c(O)c(O)[nH]1. The number of aromatic amines is 1. The van der Waals surface area contributed by atoms with Gasteiger partial charge in [-0.3, -0.25) is 9.78 Å². The molecule has 0 radical (unpaired) electrons. The second-order valence-electron chi connectivity index (χ2n) is 1.72. The zero-order chi connectivity index (χ0) is 7.72. The molecule has 0 aliphatic rings. The van der Waals surface area contributed by atoms with Crippen molar-refractivity contribution in [3.05, 3.63) is 16.4 Å². The molecule has 54 valence electrons. The first-order chi connectivity index (χ1) is 4.61.